The molecule has 0 aliphatic rings. The number of methoxy groups -OCH3 is 1. The van der Waals surface area contributed by atoms with Crippen LogP contribution in [0.2, 0.25) is 35.9 Å². The second-order valence-electron chi connectivity index (χ2n) is 5.43. The van der Waals surface area contributed by atoms with E-state index in [-0.39, 0.29) is 17.4 Å². The van der Waals surface area contributed by atoms with Crippen LogP contribution in [0.5, 0.6) is 0 Å². The van der Waals surface area contributed by atoms with E-state index >= 15 is 0 Å². The van der Waals surface area contributed by atoms with E-state index in [2.05, 4.69) is 24.4 Å². The Hall–Kier alpha value is -0.493. The number of ether oxygens (including phenoxy) is 2. The SMILES string of the molecule is COC(=O)c1c(Cl)cc(Cl)n1COCC[Si](C)(C)C. The highest BCUT2D eigenvalue weighted by molar-refractivity contribution is 6.76. The molecule has 0 aliphatic heterocycles. The number of carbonyl (C=O) groups is 1. The first kappa shape index (κ1) is 16.6. The highest BCUT2D eigenvalue weighted by atomic mass is 35.5. The zero-order valence-electron chi connectivity index (χ0n) is 11.6. The molecule has 0 spiro atoms. The fourth-order valence-electron chi connectivity index (χ4n) is 1.45. The minimum Gasteiger partial charge on any atom is -0.464 e. The Morgan fingerprint density at radius 2 is 2.00 bits per heavy atom. The number of halogens is 2. The number of aromatic nitrogens is 1. The lowest BCUT2D eigenvalue weighted by atomic mass is 10.4. The second kappa shape index (κ2) is 6.79. The molecule has 0 aromatic carbocycles. The van der Waals surface area contributed by atoms with E-state index in [0.29, 0.717) is 11.8 Å². The van der Waals surface area contributed by atoms with Crippen molar-refractivity contribution in [1.82, 2.24) is 4.57 Å². The van der Waals surface area contributed by atoms with E-state index in [1.54, 1.807) is 0 Å². The average Bonchev–Trinajstić information content (AvgIpc) is 2.57. The first-order chi connectivity index (χ1) is 8.76. The normalized spacial score (nSPS) is 11.7. The number of esters is 1. The van der Waals surface area contributed by atoms with Crippen LogP contribution in [0.1, 0.15) is 10.5 Å². The second-order valence-corrected chi connectivity index (χ2v) is 11.8. The Bertz CT molecular complexity index is 455. The summed E-state index contributed by atoms with van der Waals surface area (Å²) in [5.41, 5.74) is 0.224. The molecule has 0 saturated heterocycles. The van der Waals surface area contributed by atoms with Crippen LogP contribution in [0.4, 0.5) is 0 Å². The van der Waals surface area contributed by atoms with Crippen molar-refractivity contribution in [1.29, 1.82) is 0 Å². The molecular weight excluding hydrogens is 305 g/mol. The van der Waals surface area contributed by atoms with Crippen molar-refractivity contribution in [3.63, 3.8) is 0 Å². The summed E-state index contributed by atoms with van der Waals surface area (Å²) in [6, 6.07) is 2.56. The van der Waals surface area contributed by atoms with E-state index in [0.717, 1.165) is 6.04 Å². The van der Waals surface area contributed by atoms with Gasteiger partial charge < -0.3 is 14.0 Å². The largest absolute Gasteiger partial charge is 0.464 e. The zero-order valence-corrected chi connectivity index (χ0v) is 14.1. The van der Waals surface area contributed by atoms with Gasteiger partial charge >= 0.3 is 5.97 Å². The predicted octanol–water partition coefficient (Wildman–Crippen LogP) is 3.89. The van der Waals surface area contributed by atoms with Gasteiger partial charge in [-0.1, -0.05) is 42.8 Å². The van der Waals surface area contributed by atoms with E-state index in [1.807, 2.05) is 0 Å². The Labute approximate surface area is 124 Å². The molecule has 0 radical (unpaired) electrons. The summed E-state index contributed by atoms with van der Waals surface area (Å²) >= 11 is 12.0. The lowest BCUT2D eigenvalue weighted by Gasteiger charge is -2.16. The molecule has 19 heavy (non-hydrogen) atoms. The molecule has 0 atom stereocenters. The van der Waals surface area contributed by atoms with Crippen molar-refractivity contribution in [3.05, 3.63) is 21.9 Å². The molecule has 1 heterocycles. The smallest absolute Gasteiger partial charge is 0.356 e. The number of hydrogen-bond donors (Lipinski definition) is 0. The number of rotatable bonds is 6. The highest BCUT2D eigenvalue weighted by Crippen LogP contribution is 2.26. The third-order valence-electron chi connectivity index (χ3n) is 2.60. The van der Waals surface area contributed by atoms with Crippen molar-refractivity contribution in [2.45, 2.75) is 32.4 Å². The quantitative estimate of drug-likeness (QED) is 0.453. The topological polar surface area (TPSA) is 40.5 Å². The van der Waals surface area contributed by atoms with Gasteiger partial charge in [-0.15, -0.1) is 0 Å². The summed E-state index contributed by atoms with van der Waals surface area (Å²) in [4.78, 5) is 11.6. The Morgan fingerprint density at radius 1 is 1.37 bits per heavy atom. The van der Waals surface area contributed by atoms with Crippen LogP contribution in [0.15, 0.2) is 6.07 Å². The third kappa shape index (κ3) is 4.84. The molecule has 1 rings (SSSR count). The Balaban J connectivity index is 2.70. The first-order valence-corrected chi connectivity index (χ1v) is 10.4. The van der Waals surface area contributed by atoms with Crippen LogP contribution in [0, 0.1) is 0 Å². The Morgan fingerprint density at radius 3 is 2.53 bits per heavy atom. The lowest BCUT2D eigenvalue weighted by molar-refractivity contribution is 0.0541. The van der Waals surface area contributed by atoms with Gasteiger partial charge in [0.25, 0.3) is 0 Å². The van der Waals surface area contributed by atoms with Crippen LogP contribution in [0.3, 0.4) is 0 Å². The van der Waals surface area contributed by atoms with Crippen molar-refractivity contribution >= 4 is 37.2 Å². The lowest BCUT2D eigenvalue weighted by Crippen LogP contribution is -2.22. The van der Waals surface area contributed by atoms with Crippen LogP contribution < -0.4 is 0 Å². The monoisotopic (exact) mass is 323 g/mol. The van der Waals surface area contributed by atoms with Crippen molar-refractivity contribution in [2.75, 3.05) is 13.7 Å². The highest BCUT2D eigenvalue weighted by Gasteiger charge is 2.20. The summed E-state index contributed by atoms with van der Waals surface area (Å²) in [7, 11) is 0.171. The number of carbonyl (C=O) groups excluding carboxylic acids is 1. The molecule has 108 valence electrons. The maximum absolute atomic E-state index is 11.6. The maximum atomic E-state index is 11.6. The van der Waals surface area contributed by atoms with Gasteiger partial charge in [0.05, 0.1) is 12.1 Å². The minimum absolute atomic E-state index is 0.195. The summed E-state index contributed by atoms with van der Waals surface area (Å²) < 4.78 is 11.8. The first-order valence-electron chi connectivity index (χ1n) is 5.97. The maximum Gasteiger partial charge on any atom is 0.356 e. The summed E-state index contributed by atoms with van der Waals surface area (Å²) in [5, 5.41) is 0.629. The fourth-order valence-corrected chi connectivity index (χ4v) is 2.79. The van der Waals surface area contributed by atoms with Crippen molar-refractivity contribution in [3.8, 4) is 0 Å². The standard InChI is InChI=1S/C12H19Cl2NO3Si/c1-17-12(16)11-9(13)7-10(14)15(11)8-18-5-6-19(2,3)4/h7H,5-6,8H2,1-4H3. The van der Waals surface area contributed by atoms with Gasteiger partial charge in [0.1, 0.15) is 17.6 Å². The summed E-state index contributed by atoms with van der Waals surface area (Å²) in [6.45, 7) is 7.66. The molecular formula is C12H19Cl2NO3Si. The predicted molar refractivity (Wildman–Crippen MR) is 79.9 cm³/mol. The molecule has 4 nitrogen and oxygen atoms in total. The van der Waals surface area contributed by atoms with E-state index in [9.17, 15) is 4.79 Å². The minimum atomic E-state index is -1.13. The molecule has 7 heteroatoms. The van der Waals surface area contributed by atoms with Crippen molar-refractivity contribution in [2.24, 2.45) is 0 Å². The van der Waals surface area contributed by atoms with E-state index < -0.39 is 14.0 Å². The molecule has 0 saturated carbocycles. The van der Waals surface area contributed by atoms with Crippen LogP contribution in [0.25, 0.3) is 0 Å². The molecule has 0 amide bonds. The molecule has 1 aromatic heterocycles. The Kier molecular flexibility index (Phi) is 5.92. The summed E-state index contributed by atoms with van der Waals surface area (Å²) in [5.74, 6) is -0.523. The molecule has 0 unspecified atom stereocenters. The van der Waals surface area contributed by atoms with Gasteiger partial charge in [0.2, 0.25) is 0 Å². The third-order valence-corrected chi connectivity index (χ3v) is 4.90. The molecule has 1 aromatic rings. The zero-order chi connectivity index (χ0) is 14.6. The van der Waals surface area contributed by atoms with Crippen LogP contribution >= 0.6 is 23.2 Å². The van der Waals surface area contributed by atoms with Crippen LogP contribution in [-0.4, -0.2) is 32.3 Å². The van der Waals surface area contributed by atoms with Gasteiger partial charge in [-0.2, -0.15) is 0 Å². The van der Waals surface area contributed by atoms with Gasteiger partial charge in [0.15, 0.2) is 0 Å². The van der Waals surface area contributed by atoms with E-state index in [4.69, 9.17) is 27.9 Å². The molecule has 0 fully saturated rings. The van der Waals surface area contributed by atoms with Gasteiger partial charge in [-0.3, -0.25) is 0 Å². The number of hydrogen-bond acceptors (Lipinski definition) is 3. The van der Waals surface area contributed by atoms with E-state index in [1.165, 1.54) is 17.7 Å². The van der Waals surface area contributed by atoms with Crippen LogP contribution in [-0.2, 0) is 16.2 Å². The number of nitrogens with zero attached hydrogens (tertiary/aromatic N) is 1. The molecule has 0 bridgehead atoms. The molecule has 0 aliphatic carbocycles. The van der Waals surface area contributed by atoms with Gasteiger partial charge in [0, 0.05) is 14.7 Å². The average molecular weight is 324 g/mol. The molecule has 0 N–H and O–H groups in total. The summed E-state index contributed by atoms with van der Waals surface area (Å²) in [6.07, 6.45) is 0. The van der Waals surface area contributed by atoms with Crippen molar-refractivity contribution < 1.29 is 14.3 Å². The fraction of sp³-hybridized carbons (Fsp3) is 0.583. The van der Waals surface area contributed by atoms with Gasteiger partial charge in [-0.05, 0) is 12.1 Å². The van der Waals surface area contributed by atoms with Gasteiger partial charge in [-0.25, -0.2) is 4.79 Å².